The van der Waals surface area contributed by atoms with Gasteiger partial charge in [0, 0.05) is 84.8 Å². The van der Waals surface area contributed by atoms with Gasteiger partial charge in [-0.3, -0.25) is 43.5 Å². The molecule has 3 N–H and O–H groups in total. The van der Waals surface area contributed by atoms with Gasteiger partial charge < -0.3 is 58.2 Å². The standard InChI is InChI=1S/C71H84F3N7O17SSi2/c1-42(2)63(77-70(88)97-39-54-50-19-14-12-17-48(50)49-18-13-15-20-51(49)54)65(83)75-43(3)64(82)76-46-23-21-44(22-24-46)45-31-57-68(86)80(40-93-27-29-100(6,7)8)55-35-61(59(91-4)33-52(55)66(84)78(57)37-45)95-25-16-26-96-62-36-56-53(34-60(62)92-5)67(85)79-38-47(98-99(89,90)71(72,73)74)32-58(79)69(87)81(56)41-94-28-30-101(9,10)11/h12-15,17-24,33-38,42-43,54,57-58,63H,16,25-32,39-41H2,1-11H3,(H,75,83)(H,76,82)(H,77,88)/t43-,57-,58-,63?/m0/s1. The van der Waals surface area contributed by atoms with Crippen LogP contribution in [0.5, 0.6) is 23.0 Å². The average Bonchev–Trinajstić information content (AvgIpc) is 1.63. The number of alkyl carbamates (subject to hydrolysis) is 1. The molecule has 4 heterocycles. The fraction of sp³-hybridized carbons (Fsp3) is 0.423. The van der Waals surface area contributed by atoms with Crippen LogP contribution >= 0.6 is 0 Å². The molecule has 0 saturated heterocycles. The van der Waals surface area contributed by atoms with Crippen LogP contribution in [0.2, 0.25) is 51.4 Å². The van der Waals surface area contributed by atoms with Crippen LogP contribution in [0.1, 0.15) is 83.4 Å². The zero-order valence-electron chi connectivity index (χ0n) is 58.1. The number of carbonyl (C=O) groups is 7. The summed E-state index contributed by atoms with van der Waals surface area (Å²) in [6.07, 6.45) is 1.28. The normalized spacial score (nSPS) is 17.3. The van der Waals surface area contributed by atoms with Crippen molar-refractivity contribution < 1.29 is 92.5 Å². The molecule has 10 rings (SSSR count). The molecule has 0 radical (unpaired) electrons. The number of fused-ring (bicyclic) bond motifs is 7. The molecular weight excluding hydrogens is 1370 g/mol. The average molecular weight is 1450 g/mol. The molecule has 7 amide bonds. The van der Waals surface area contributed by atoms with Gasteiger partial charge in [-0.2, -0.15) is 21.6 Å². The van der Waals surface area contributed by atoms with E-state index in [4.69, 9.17) is 33.2 Å². The van der Waals surface area contributed by atoms with Crippen molar-refractivity contribution in [1.29, 1.82) is 0 Å². The van der Waals surface area contributed by atoms with E-state index >= 15 is 0 Å². The molecule has 1 unspecified atom stereocenters. The summed E-state index contributed by atoms with van der Waals surface area (Å²) in [5.41, 5.74) is 0.473. The first-order chi connectivity index (χ1) is 47.8. The monoisotopic (exact) mass is 1450 g/mol. The number of anilines is 3. The van der Waals surface area contributed by atoms with Crippen molar-refractivity contribution in [2.75, 3.05) is 75.8 Å². The number of rotatable bonds is 29. The summed E-state index contributed by atoms with van der Waals surface area (Å²) in [6.45, 7) is 18.1. The first-order valence-electron chi connectivity index (χ1n) is 33.1. The van der Waals surface area contributed by atoms with Crippen LogP contribution in [0, 0.1) is 5.92 Å². The molecular formula is C71H84F3N7O17SSi2. The van der Waals surface area contributed by atoms with Crippen molar-refractivity contribution in [2.24, 2.45) is 5.92 Å². The van der Waals surface area contributed by atoms with Gasteiger partial charge in [-0.25, -0.2) is 4.79 Å². The molecule has 1 aliphatic carbocycles. The summed E-state index contributed by atoms with van der Waals surface area (Å²) in [4.78, 5) is 104. The summed E-state index contributed by atoms with van der Waals surface area (Å²) >= 11 is 0. The van der Waals surface area contributed by atoms with Gasteiger partial charge in [0.15, 0.2) is 23.0 Å². The Labute approximate surface area is 586 Å². The minimum absolute atomic E-state index is 0.00860. The molecule has 101 heavy (non-hydrogen) atoms. The van der Waals surface area contributed by atoms with Gasteiger partial charge in [0.05, 0.1) is 49.9 Å². The van der Waals surface area contributed by atoms with E-state index in [-0.39, 0.29) is 110 Å². The van der Waals surface area contributed by atoms with E-state index < -0.39 is 110 Å². The Balaban J connectivity index is 0.793. The number of benzene rings is 5. The summed E-state index contributed by atoms with van der Waals surface area (Å²) in [5, 5.41) is 8.25. The number of ether oxygens (including phenoxy) is 7. The van der Waals surface area contributed by atoms with Crippen molar-refractivity contribution in [3.63, 3.8) is 0 Å². The second-order valence-electron chi connectivity index (χ2n) is 27.9. The zero-order chi connectivity index (χ0) is 73.0. The number of alkyl halides is 3. The van der Waals surface area contributed by atoms with Crippen LogP contribution in [-0.4, -0.2) is 166 Å². The molecule has 4 atom stereocenters. The van der Waals surface area contributed by atoms with Crippen molar-refractivity contribution in [1.82, 2.24) is 20.4 Å². The lowest BCUT2D eigenvalue weighted by molar-refractivity contribution is -0.128. The van der Waals surface area contributed by atoms with Crippen LogP contribution < -0.4 is 44.7 Å². The highest BCUT2D eigenvalue weighted by molar-refractivity contribution is 7.87. The summed E-state index contributed by atoms with van der Waals surface area (Å²) in [5.74, 6) is -4.49. The topological polar surface area (TPSA) is 277 Å². The van der Waals surface area contributed by atoms with Crippen molar-refractivity contribution in [3.05, 3.63) is 143 Å². The number of halogens is 3. The van der Waals surface area contributed by atoms with Gasteiger partial charge >= 0.3 is 21.7 Å². The van der Waals surface area contributed by atoms with Crippen LogP contribution in [0.3, 0.4) is 0 Å². The first kappa shape index (κ1) is 74.5. The van der Waals surface area contributed by atoms with Gasteiger partial charge in [0.25, 0.3) is 23.6 Å². The van der Waals surface area contributed by atoms with Gasteiger partial charge in [0.1, 0.15) is 50.0 Å². The summed E-state index contributed by atoms with van der Waals surface area (Å²) in [7, 11) is -6.64. The Morgan fingerprint density at radius 1 is 0.614 bits per heavy atom. The highest BCUT2D eigenvalue weighted by atomic mass is 32.2. The molecule has 0 spiro atoms. The quantitative estimate of drug-likeness (QED) is 0.0174. The van der Waals surface area contributed by atoms with E-state index in [1.165, 1.54) is 49.1 Å². The summed E-state index contributed by atoms with van der Waals surface area (Å²) in [6, 6.07) is 25.5. The number of hydrogen-bond donors (Lipinski definition) is 3. The van der Waals surface area contributed by atoms with Gasteiger partial charge in [-0.1, -0.05) is 114 Å². The second-order valence-corrected chi connectivity index (χ2v) is 40.7. The number of methoxy groups -OCH3 is 2. The molecule has 0 aromatic heterocycles. The number of nitrogens with one attached hydrogen (secondary N) is 3. The van der Waals surface area contributed by atoms with Gasteiger partial charge in [0.2, 0.25) is 11.8 Å². The Hall–Kier alpha value is -9.24. The van der Waals surface area contributed by atoms with E-state index in [2.05, 4.69) is 59.4 Å². The largest absolute Gasteiger partial charge is 0.534 e. The van der Waals surface area contributed by atoms with E-state index in [0.29, 0.717) is 29.5 Å². The highest BCUT2D eigenvalue weighted by Gasteiger charge is 2.52. The molecule has 4 aliphatic heterocycles. The van der Waals surface area contributed by atoms with Crippen molar-refractivity contribution in [2.45, 2.75) is 127 Å². The predicted octanol–water partition coefficient (Wildman–Crippen LogP) is 11.1. The molecule has 5 aromatic carbocycles. The molecule has 5 aromatic rings. The molecule has 5 aliphatic rings. The Bertz CT molecular complexity index is 4150. The third-order valence-electron chi connectivity index (χ3n) is 17.8. The lowest BCUT2D eigenvalue weighted by atomic mass is 9.98. The number of carbonyl (C=O) groups excluding carboxylic acids is 7. The van der Waals surface area contributed by atoms with Crippen LogP contribution in [0.25, 0.3) is 16.7 Å². The predicted molar refractivity (Wildman–Crippen MR) is 375 cm³/mol. The molecule has 0 bridgehead atoms. The first-order valence-corrected chi connectivity index (χ1v) is 42.0. The van der Waals surface area contributed by atoms with Crippen LogP contribution in [-0.2, 0) is 47.7 Å². The maximum Gasteiger partial charge on any atom is 0.534 e. The van der Waals surface area contributed by atoms with E-state index in [1.807, 2.05) is 48.5 Å². The molecule has 30 heteroatoms. The zero-order valence-corrected chi connectivity index (χ0v) is 60.9. The molecule has 0 saturated carbocycles. The SMILES string of the molecule is COc1cc2c(cc1OCCCOc1cc3c(cc1OC)C(=O)N1C=C(c4ccc(NC(=O)[C@H](C)NC(=O)C(NC(=O)OCC5c6ccccc6-c6ccccc65)C(C)C)cc4)C[C@H]1C(=O)N3COCC[Si](C)(C)C)N(COCC[Si](C)(C)C)C(=O)[C@@H]1CC(OS(=O)(=O)C(F)(F)F)=CN1C2=O. The number of hydrogen-bond acceptors (Lipinski definition) is 17. The van der Waals surface area contributed by atoms with Gasteiger partial charge in [-0.05, 0) is 82.6 Å². The van der Waals surface area contributed by atoms with Crippen LogP contribution in [0.15, 0.2) is 115 Å². The minimum Gasteiger partial charge on any atom is -0.493 e. The Kier molecular flexibility index (Phi) is 22.5. The van der Waals surface area contributed by atoms with E-state index in [9.17, 15) is 55.2 Å². The molecule has 24 nitrogen and oxygen atoms in total. The van der Waals surface area contributed by atoms with Gasteiger partial charge in [-0.15, -0.1) is 0 Å². The molecule has 0 fully saturated rings. The number of nitrogens with zero attached hydrogens (tertiary/aromatic N) is 4. The Morgan fingerprint density at radius 2 is 1.11 bits per heavy atom. The fourth-order valence-corrected chi connectivity index (χ4v) is 14.2. The van der Waals surface area contributed by atoms with E-state index in [0.717, 1.165) is 44.3 Å². The second kappa shape index (κ2) is 30.5. The smallest absolute Gasteiger partial charge is 0.493 e. The maximum absolute atomic E-state index is 15.0. The molecule has 540 valence electrons. The van der Waals surface area contributed by atoms with Crippen LogP contribution in [0.4, 0.5) is 35.0 Å². The lowest BCUT2D eigenvalue weighted by Gasteiger charge is -2.27. The fourth-order valence-electron chi connectivity index (χ4n) is 12.2. The van der Waals surface area contributed by atoms with Crippen molar-refractivity contribution >= 4 is 90.4 Å². The lowest BCUT2D eigenvalue weighted by Crippen LogP contribution is -2.53. The van der Waals surface area contributed by atoms with E-state index in [1.54, 1.807) is 50.4 Å². The third kappa shape index (κ3) is 16.9. The maximum atomic E-state index is 15.0. The highest BCUT2D eigenvalue weighted by Crippen LogP contribution is 2.47. The third-order valence-corrected chi connectivity index (χ3v) is 22.2. The summed E-state index contributed by atoms with van der Waals surface area (Å²) < 4.78 is 110. The Morgan fingerprint density at radius 3 is 1.59 bits per heavy atom. The van der Waals surface area contributed by atoms with Crippen molar-refractivity contribution in [3.8, 4) is 34.1 Å². The minimum atomic E-state index is -6.13. The number of amides is 7.